The number of anilines is 1. The number of nitrogens with zero attached hydrogens (tertiary/aromatic N) is 2. The van der Waals surface area contributed by atoms with Gasteiger partial charge in [-0.3, -0.25) is 4.90 Å². The van der Waals surface area contributed by atoms with Crippen LogP contribution in [0.25, 0.3) is 0 Å². The number of benzene rings is 2. The molecule has 1 fully saturated rings. The van der Waals surface area contributed by atoms with Crippen LogP contribution in [-0.4, -0.2) is 48.8 Å². The fourth-order valence-electron chi connectivity index (χ4n) is 3.58. The quantitative estimate of drug-likeness (QED) is 0.916. The molecule has 128 valence electrons. The van der Waals surface area contributed by atoms with E-state index in [9.17, 15) is 5.11 Å². The van der Waals surface area contributed by atoms with Crippen LogP contribution in [0.15, 0.2) is 48.5 Å². The highest BCUT2D eigenvalue weighted by Gasteiger charge is 2.20. The fraction of sp³-hybridized carbons (Fsp3) is 0.429. The van der Waals surface area contributed by atoms with Crippen LogP contribution >= 0.6 is 0 Å². The van der Waals surface area contributed by atoms with Crippen molar-refractivity contribution in [3.8, 4) is 0 Å². The van der Waals surface area contributed by atoms with Crippen molar-refractivity contribution in [2.75, 3.05) is 37.6 Å². The minimum Gasteiger partial charge on any atom is -0.391 e. The third-order valence-electron chi connectivity index (χ3n) is 4.85. The molecule has 1 atom stereocenters. The Balaban J connectivity index is 1.50. The van der Waals surface area contributed by atoms with E-state index in [-0.39, 0.29) is 6.10 Å². The van der Waals surface area contributed by atoms with Gasteiger partial charge in [0.1, 0.15) is 0 Å². The molecule has 2 aromatic rings. The molecule has 3 rings (SSSR count). The van der Waals surface area contributed by atoms with E-state index < -0.39 is 0 Å². The van der Waals surface area contributed by atoms with Crippen molar-refractivity contribution in [1.29, 1.82) is 0 Å². The summed E-state index contributed by atoms with van der Waals surface area (Å²) in [5.74, 6) is 0. The lowest BCUT2D eigenvalue weighted by atomic mass is 10.1. The number of aryl methyl sites for hydroxylation is 2. The Labute approximate surface area is 145 Å². The molecule has 1 heterocycles. The first-order valence-electron chi connectivity index (χ1n) is 8.88. The highest BCUT2D eigenvalue weighted by molar-refractivity contribution is 5.54. The van der Waals surface area contributed by atoms with Crippen molar-refractivity contribution in [2.24, 2.45) is 0 Å². The van der Waals surface area contributed by atoms with Crippen LogP contribution in [0.1, 0.15) is 16.7 Å². The number of hydrogen-bond acceptors (Lipinski definition) is 3. The lowest BCUT2D eigenvalue weighted by Crippen LogP contribution is -2.49. The molecule has 1 N–H and O–H groups in total. The molecule has 0 aliphatic carbocycles. The summed E-state index contributed by atoms with van der Waals surface area (Å²) >= 11 is 0. The Kier molecular flexibility index (Phi) is 5.54. The summed E-state index contributed by atoms with van der Waals surface area (Å²) < 4.78 is 0. The maximum Gasteiger partial charge on any atom is 0.0707 e. The van der Waals surface area contributed by atoms with E-state index in [2.05, 4.69) is 54.0 Å². The van der Waals surface area contributed by atoms with Crippen LogP contribution in [0.4, 0.5) is 5.69 Å². The van der Waals surface area contributed by atoms with Crippen molar-refractivity contribution >= 4 is 5.69 Å². The molecular formula is C21H28N2O. The molecule has 1 aliphatic heterocycles. The van der Waals surface area contributed by atoms with E-state index in [0.717, 1.165) is 39.1 Å². The highest BCUT2D eigenvalue weighted by Crippen LogP contribution is 2.22. The topological polar surface area (TPSA) is 26.7 Å². The second kappa shape index (κ2) is 7.82. The monoisotopic (exact) mass is 324 g/mol. The van der Waals surface area contributed by atoms with Gasteiger partial charge in [0.2, 0.25) is 0 Å². The maximum atomic E-state index is 10.4. The van der Waals surface area contributed by atoms with Gasteiger partial charge in [0.05, 0.1) is 6.10 Å². The average Bonchev–Trinajstić information content (AvgIpc) is 2.57. The number of aliphatic hydroxyl groups is 1. The van der Waals surface area contributed by atoms with Crippen molar-refractivity contribution in [1.82, 2.24) is 4.90 Å². The molecule has 0 radical (unpaired) electrons. The third kappa shape index (κ3) is 4.37. The summed E-state index contributed by atoms with van der Waals surface area (Å²) in [6.07, 6.45) is 0.443. The van der Waals surface area contributed by atoms with Gasteiger partial charge >= 0.3 is 0 Å². The molecule has 3 heteroatoms. The van der Waals surface area contributed by atoms with Gasteiger partial charge in [0.25, 0.3) is 0 Å². The Morgan fingerprint density at radius 2 is 1.67 bits per heavy atom. The predicted molar refractivity (Wildman–Crippen MR) is 101 cm³/mol. The molecule has 1 aliphatic rings. The fourth-order valence-corrected chi connectivity index (χ4v) is 3.58. The zero-order chi connectivity index (χ0) is 16.9. The minimum atomic E-state index is -0.292. The van der Waals surface area contributed by atoms with E-state index in [1.54, 1.807) is 0 Å². The molecule has 2 aromatic carbocycles. The van der Waals surface area contributed by atoms with E-state index in [1.807, 2.05) is 18.2 Å². The number of piperazine rings is 1. The molecule has 0 bridgehead atoms. The Morgan fingerprint density at radius 3 is 2.33 bits per heavy atom. The van der Waals surface area contributed by atoms with Gasteiger partial charge in [0, 0.05) is 38.4 Å². The van der Waals surface area contributed by atoms with Gasteiger partial charge in [-0.15, -0.1) is 0 Å². The van der Waals surface area contributed by atoms with Crippen molar-refractivity contribution in [3.05, 3.63) is 65.2 Å². The van der Waals surface area contributed by atoms with Gasteiger partial charge < -0.3 is 10.0 Å². The molecule has 1 saturated heterocycles. The smallest absolute Gasteiger partial charge is 0.0707 e. The first kappa shape index (κ1) is 17.0. The zero-order valence-corrected chi connectivity index (χ0v) is 14.8. The zero-order valence-electron chi connectivity index (χ0n) is 14.8. The van der Waals surface area contributed by atoms with Gasteiger partial charge in [-0.25, -0.2) is 0 Å². The molecule has 0 spiro atoms. The minimum absolute atomic E-state index is 0.292. The van der Waals surface area contributed by atoms with Crippen LogP contribution in [-0.2, 0) is 6.42 Å². The standard InChI is InChI=1S/C21H28N2O/c1-17-8-9-21(18(2)14-17)23-12-10-22(11-13-23)16-20(24)15-19-6-4-3-5-7-19/h3-9,14,20,24H,10-13,15-16H2,1-2H3. The molecule has 3 nitrogen and oxygen atoms in total. The summed E-state index contributed by atoms with van der Waals surface area (Å²) in [6, 6.07) is 16.9. The highest BCUT2D eigenvalue weighted by atomic mass is 16.3. The van der Waals surface area contributed by atoms with Crippen molar-refractivity contribution < 1.29 is 5.11 Å². The maximum absolute atomic E-state index is 10.4. The average molecular weight is 324 g/mol. The molecule has 0 aromatic heterocycles. The summed E-state index contributed by atoms with van der Waals surface area (Å²) in [5.41, 5.74) is 5.23. The normalized spacial score (nSPS) is 17.0. The molecule has 0 amide bonds. The summed E-state index contributed by atoms with van der Waals surface area (Å²) in [4.78, 5) is 4.85. The summed E-state index contributed by atoms with van der Waals surface area (Å²) in [5, 5.41) is 10.4. The number of hydrogen-bond donors (Lipinski definition) is 1. The molecule has 0 saturated carbocycles. The molecule has 24 heavy (non-hydrogen) atoms. The van der Waals surface area contributed by atoms with Crippen LogP contribution in [0.3, 0.4) is 0 Å². The first-order chi connectivity index (χ1) is 11.6. The lowest BCUT2D eigenvalue weighted by molar-refractivity contribution is 0.109. The largest absolute Gasteiger partial charge is 0.391 e. The molecular weight excluding hydrogens is 296 g/mol. The van der Waals surface area contributed by atoms with E-state index in [4.69, 9.17) is 0 Å². The number of aliphatic hydroxyl groups excluding tert-OH is 1. The van der Waals surface area contributed by atoms with E-state index in [1.165, 1.54) is 22.4 Å². The Hall–Kier alpha value is -1.84. The van der Waals surface area contributed by atoms with Crippen LogP contribution in [0.2, 0.25) is 0 Å². The third-order valence-corrected chi connectivity index (χ3v) is 4.85. The van der Waals surface area contributed by atoms with Crippen molar-refractivity contribution in [2.45, 2.75) is 26.4 Å². The Morgan fingerprint density at radius 1 is 0.958 bits per heavy atom. The van der Waals surface area contributed by atoms with Crippen LogP contribution < -0.4 is 4.90 Å². The van der Waals surface area contributed by atoms with Crippen LogP contribution in [0, 0.1) is 13.8 Å². The van der Waals surface area contributed by atoms with Gasteiger partial charge in [-0.2, -0.15) is 0 Å². The van der Waals surface area contributed by atoms with Crippen LogP contribution in [0.5, 0.6) is 0 Å². The second-order valence-electron chi connectivity index (χ2n) is 6.92. The SMILES string of the molecule is Cc1ccc(N2CCN(CC(O)Cc3ccccc3)CC2)c(C)c1. The van der Waals surface area contributed by atoms with Gasteiger partial charge in [-0.05, 0) is 37.5 Å². The van der Waals surface area contributed by atoms with Gasteiger partial charge in [0.15, 0.2) is 0 Å². The summed E-state index contributed by atoms with van der Waals surface area (Å²) in [6.45, 7) is 9.18. The Bertz CT molecular complexity index is 648. The summed E-state index contributed by atoms with van der Waals surface area (Å²) in [7, 11) is 0. The first-order valence-corrected chi connectivity index (χ1v) is 8.88. The molecule has 1 unspecified atom stereocenters. The van der Waals surface area contributed by atoms with Gasteiger partial charge in [-0.1, -0.05) is 48.0 Å². The van der Waals surface area contributed by atoms with E-state index >= 15 is 0 Å². The lowest BCUT2D eigenvalue weighted by Gasteiger charge is -2.37. The predicted octanol–water partition coefficient (Wildman–Crippen LogP) is 3.03. The number of β-amino-alcohol motifs (C(OH)–C–C–N with tert-alkyl or cyclic N) is 1. The number of rotatable bonds is 5. The van der Waals surface area contributed by atoms with E-state index in [0.29, 0.717) is 0 Å². The second-order valence-corrected chi connectivity index (χ2v) is 6.92. The van der Waals surface area contributed by atoms with Crippen molar-refractivity contribution in [3.63, 3.8) is 0 Å².